The molecular formula is C81H142O17P2. The lowest BCUT2D eigenvalue weighted by Crippen LogP contribution is -2.30. The van der Waals surface area contributed by atoms with Crippen molar-refractivity contribution in [2.24, 2.45) is 0 Å². The number of phosphoric acid groups is 2. The third-order valence-corrected chi connectivity index (χ3v) is 18.4. The molecule has 100 heavy (non-hydrogen) atoms. The molecule has 0 aliphatic heterocycles. The van der Waals surface area contributed by atoms with E-state index in [1.807, 2.05) is 12.2 Å². The van der Waals surface area contributed by atoms with E-state index in [0.717, 1.165) is 148 Å². The van der Waals surface area contributed by atoms with Crippen LogP contribution in [0, 0.1) is 0 Å². The third-order valence-electron chi connectivity index (χ3n) is 16.5. The minimum atomic E-state index is -4.99. The lowest BCUT2D eigenvalue weighted by Gasteiger charge is -2.21. The molecule has 0 amide bonds. The highest BCUT2D eigenvalue weighted by molar-refractivity contribution is 7.47. The van der Waals surface area contributed by atoms with Gasteiger partial charge in [0.25, 0.3) is 0 Å². The van der Waals surface area contributed by atoms with Crippen LogP contribution in [0.15, 0.2) is 97.2 Å². The molecule has 0 aromatic rings. The molecular weight excluding hydrogens is 1310 g/mol. The number of carbonyl (C=O) groups excluding carboxylic acids is 4. The van der Waals surface area contributed by atoms with E-state index in [9.17, 15) is 43.2 Å². The first-order valence-electron chi connectivity index (χ1n) is 39.5. The van der Waals surface area contributed by atoms with Crippen LogP contribution in [0.25, 0.3) is 0 Å². The van der Waals surface area contributed by atoms with Gasteiger partial charge in [0.15, 0.2) is 12.2 Å². The van der Waals surface area contributed by atoms with Crippen molar-refractivity contribution in [3.8, 4) is 0 Å². The summed E-state index contributed by atoms with van der Waals surface area (Å²) in [5, 5.41) is 10.6. The number of phosphoric ester groups is 2. The number of hydrogen-bond donors (Lipinski definition) is 3. The van der Waals surface area contributed by atoms with Crippen LogP contribution in [0.3, 0.4) is 0 Å². The Bertz CT molecular complexity index is 2270. The molecule has 0 aliphatic rings. The van der Waals surface area contributed by atoms with Gasteiger partial charge in [-0.3, -0.25) is 37.3 Å². The van der Waals surface area contributed by atoms with Crippen molar-refractivity contribution in [1.29, 1.82) is 0 Å². The van der Waals surface area contributed by atoms with E-state index < -0.39 is 97.5 Å². The molecule has 0 saturated carbocycles. The summed E-state index contributed by atoms with van der Waals surface area (Å²) in [5.74, 6) is -2.26. The van der Waals surface area contributed by atoms with Gasteiger partial charge in [-0.2, -0.15) is 0 Å². The molecule has 0 spiro atoms. The largest absolute Gasteiger partial charge is 0.472 e. The maximum atomic E-state index is 13.1. The molecule has 0 fully saturated rings. The summed E-state index contributed by atoms with van der Waals surface area (Å²) < 4.78 is 68.5. The highest BCUT2D eigenvalue weighted by Crippen LogP contribution is 2.45. The van der Waals surface area contributed by atoms with E-state index in [0.29, 0.717) is 32.1 Å². The van der Waals surface area contributed by atoms with Gasteiger partial charge in [-0.25, -0.2) is 9.13 Å². The van der Waals surface area contributed by atoms with Crippen molar-refractivity contribution in [1.82, 2.24) is 0 Å². The van der Waals surface area contributed by atoms with Crippen LogP contribution < -0.4 is 0 Å². The molecule has 0 rings (SSSR count). The van der Waals surface area contributed by atoms with Crippen LogP contribution in [-0.2, 0) is 65.4 Å². The number of carbonyl (C=O) groups is 4. The number of ether oxygens (including phenoxy) is 4. The Balaban J connectivity index is 5.41. The Morgan fingerprint density at radius 2 is 0.500 bits per heavy atom. The number of hydrogen-bond acceptors (Lipinski definition) is 15. The number of allylic oxidation sites excluding steroid dienone is 16. The predicted octanol–water partition coefficient (Wildman–Crippen LogP) is 22.8. The molecule has 0 saturated heterocycles. The van der Waals surface area contributed by atoms with Crippen LogP contribution in [0.5, 0.6) is 0 Å². The van der Waals surface area contributed by atoms with E-state index in [2.05, 4.69) is 113 Å². The maximum absolute atomic E-state index is 13.1. The average molecular weight is 1450 g/mol. The normalized spacial score (nSPS) is 14.4. The smallest absolute Gasteiger partial charge is 0.462 e. The summed E-state index contributed by atoms with van der Waals surface area (Å²) in [7, 11) is -9.97. The second-order valence-electron chi connectivity index (χ2n) is 26.3. The summed E-state index contributed by atoms with van der Waals surface area (Å²) in [4.78, 5) is 72.9. The molecule has 0 aromatic carbocycles. The summed E-state index contributed by atoms with van der Waals surface area (Å²) in [5.41, 5.74) is 0. The molecule has 5 atom stereocenters. The molecule has 0 heterocycles. The Morgan fingerprint density at radius 3 is 0.830 bits per heavy atom. The minimum absolute atomic E-state index is 0.0735. The average Bonchev–Trinajstić information content (AvgIpc) is 0.945. The first-order chi connectivity index (χ1) is 48.7. The van der Waals surface area contributed by atoms with E-state index in [1.165, 1.54) is 103 Å². The van der Waals surface area contributed by atoms with Gasteiger partial charge in [0.05, 0.1) is 26.4 Å². The van der Waals surface area contributed by atoms with Crippen LogP contribution in [0.1, 0.15) is 336 Å². The van der Waals surface area contributed by atoms with Crippen molar-refractivity contribution < 1.29 is 80.2 Å². The standard InChI is InChI=1S/C81H142O17P2/c1-5-9-13-17-21-25-29-33-36-37-40-42-46-50-54-58-62-66-79(84)92-72-77(98-81(86)68-64-60-56-52-48-44-39-35-31-27-23-19-15-11-7-3)74-96-100(89,90)94-70-75(82)69-93-99(87,88)95-73-76(71-91-78(83)65-61-57-53-49-45-41-32-28-24-20-16-12-8-4)97-80(85)67-63-59-55-51-47-43-38-34-30-26-22-18-14-10-6-2/h21-22,25-26,28,32-36,38-40,42,50,54,75-77,82H,5-20,23-24,27,29-31,37,41,43-49,51-53,55-74H2,1-4H3,(H,87,88)(H,89,90)/b25-21-,26-22-,32-28-,36-33-,38-34-,39-35-,42-40-,54-50-/t75-,76+,77+/m0/s1. The second kappa shape index (κ2) is 73.3. The summed E-state index contributed by atoms with van der Waals surface area (Å²) in [6, 6.07) is 0. The van der Waals surface area contributed by atoms with Gasteiger partial charge < -0.3 is 33.8 Å². The van der Waals surface area contributed by atoms with Crippen LogP contribution in [-0.4, -0.2) is 96.7 Å². The summed E-state index contributed by atoms with van der Waals surface area (Å²) in [6.07, 6.45) is 76.8. The number of unbranched alkanes of at least 4 members (excludes halogenated alkanes) is 32. The molecule has 0 aliphatic carbocycles. The van der Waals surface area contributed by atoms with Crippen molar-refractivity contribution in [3.63, 3.8) is 0 Å². The zero-order valence-corrected chi connectivity index (χ0v) is 64.9. The first kappa shape index (κ1) is 96.0. The van der Waals surface area contributed by atoms with Gasteiger partial charge in [0.2, 0.25) is 0 Å². The Hall–Kier alpha value is -4.02. The van der Waals surface area contributed by atoms with Gasteiger partial charge in [-0.15, -0.1) is 0 Å². The molecule has 2 unspecified atom stereocenters. The van der Waals surface area contributed by atoms with Crippen molar-refractivity contribution in [2.75, 3.05) is 39.6 Å². The van der Waals surface area contributed by atoms with E-state index in [1.54, 1.807) is 0 Å². The van der Waals surface area contributed by atoms with E-state index in [-0.39, 0.29) is 25.7 Å². The fourth-order valence-electron chi connectivity index (χ4n) is 10.4. The minimum Gasteiger partial charge on any atom is -0.462 e. The molecule has 17 nitrogen and oxygen atoms in total. The Kier molecular flexibility index (Phi) is 70.4. The summed E-state index contributed by atoms with van der Waals surface area (Å²) in [6.45, 7) is 4.73. The predicted molar refractivity (Wildman–Crippen MR) is 409 cm³/mol. The Morgan fingerprint density at radius 1 is 0.280 bits per heavy atom. The topological polar surface area (TPSA) is 237 Å². The molecule has 3 N–H and O–H groups in total. The lowest BCUT2D eigenvalue weighted by atomic mass is 10.1. The molecule has 19 heteroatoms. The first-order valence-corrected chi connectivity index (χ1v) is 42.5. The van der Waals surface area contributed by atoms with E-state index >= 15 is 0 Å². The highest BCUT2D eigenvalue weighted by Gasteiger charge is 2.30. The number of rotatable bonds is 74. The number of esters is 4. The maximum Gasteiger partial charge on any atom is 0.472 e. The summed E-state index contributed by atoms with van der Waals surface area (Å²) >= 11 is 0. The van der Waals surface area contributed by atoms with Gasteiger partial charge in [-0.05, 0) is 148 Å². The van der Waals surface area contributed by atoms with Gasteiger partial charge >= 0.3 is 39.5 Å². The second-order valence-corrected chi connectivity index (χ2v) is 29.2. The zero-order chi connectivity index (χ0) is 73.2. The quantitative estimate of drug-likeness (QED) is 0.0169. The van der Waals surface area contributed by atoms with Crippen molar-refractivity contribution in [2.45, 2.75) is 354 Å². The number of aliphatic hydroxyl groups is 1. The van der Waals surface area contributed by atoms with Gasteiger partial charge in [0.1, 0.15) is 19.3 Å². The van der Waals surface area contributed by atoms with Crippen LogP contribution >= 0.6 is 15.6 Å². The van der Waals surface area contributed by atoms with Crippen LogP contribution in [0.2, 0.25) is 0 Å². The van der Waals surface area contributed by atoms with Gasteiger partial charge in [0, 0.05) is 25.7 Å². The zero-order valence-electron chi connectivity index (χ0n) is 63.1. The Labute approximate surface area is 607 Å². The van der Waals surface area contributed by atoms with Gasteiger partial charge in [-0.1, -0.05) is 260 Å². The number of aliphatic hydroxyl groups excluding tert-OH is 1. The van der Waals surface area contributed by atoms with Crippen molar-refractivity contribution >= 4 is 39.5 Å². The SMILES string of the molecule is CCCCC/C=C\C/C=C\C/C=C\C/C=C\CCCC(=O)OC[C@H](COP(=O)(O)OC[C@@H](O)COP(=O)(O)OC[C@@H](COC(=O)CCCCCCC/C=C\CCCCCC)OC(=O)CCCCCCC/C=C\C/C=C\CCCCC)OC(=O)CCCCCCC/C=C\CCCCCCCC. The fourth-order valence-corrected chi connectivity index (χ4v) is 12.0. The molecule has 578 valence electrons. The van der Waals surface area contributed by atoms with E-state index in [4.69, 9.17) is 37.0 Å². The molecule has 0 aromatic heterocycles. The molecule has 0 bridgehead atoms. The molecule has 0 radical (unpaired) electrons. The van der Waals surface area contributed by atoms with Crippen molar-refractivity contribution in [3.05, 3.63) is 97.2 Å². The third kappa shape index (κ3) is 72.3. The fraction of sp³-hybridized carbons (Fsp3) is 0.753. The highest BCUT2D eigenvalue weighted by atomic mass is 31.2. The van der Waals surface area contributed by atoms with Crippen LogP contribution in [0.4, 0.5) is 0 Å². The lowest BCUT2D eigenvalue weighted by molar-refractivity contribution is -0.161. The monoisotopic (exact) mass is 1450 g/mol.